The van der Waals surface area contributed by atoms with Crippen molar-refractivity contribution < 1.29 is 18.0 Å². The zero-order chi connectivity index (χ0) is 16.2. The Balaban J connectivity index is 2.01. The lowest BCUT2D eigenvalue weighted by molar-refractivity contribution is -0.137. The third-order valence-electron chi connectivity index (χ3n) is 2.66. The maximum absolute atomic E-state index is 12.7. The number of nitrogens with one attached hydrogen (secondary N) is 3. The summed E-state index contributed by atoms with van der Waals surface area (Å²) in [6.07, 6.45) is -3.74. The number of halogens is 3. The highest BCUT2D eigenvalue weighted by Gasteiger charge is 2.32. The largest absolute Gasteiger partial charge is 0.417 e. The molecule has 1 heterocycles. The normalized spacial score (nSPS) is 11.8. The molecule has 0 atom stereocenters. The lowest BCUT2D eigenvalue weighted by Crippen LogP contribution is -2.20. The van der Waals surface area contributed by atoms with Gasteiger partial charge in [0.15, 0.2) is 0 Å². The zero-order valence-electron chi connectivity index (χ0n) is 11.1. The Labute approximate surface area is 122 Å². The van der Waals surface area contributed by atoms with Crippen LogP contribution in [-0.2, 0) is 17.4 Å². The number of rotatable bonds is 4. The van der Waals surface area contributed by atoms with Gasteiger partial charge in [-0.05, 0) is 6.07 Å². The zero-order valence-corrected chi connectivity index (χ0v) is 11.1. The number of hydrogen-bond donors (Lipinski definition) is 3. The highest BCUT2D eigenvalue weighted by Crippen LogP contribution is 2.30. The Morgan fingerprint density at radius 2 is 2.00 bits per heavy atom. The van der Waals surface area contributed by atoms with E-state index in [1.807, 2.05) is 0 Å². The smallest absolute Gasteiger partial charge is 0.302 e. The Morgan fingerprint density at radius 1 is 1.27 bits per heavy atom. The molecule has 0 aliphatic rings. The third kappa shape index (κ3) is 4.08. The van der Waals surface area contributed by atoms with Crippen molar-refractivity contribution in [3.63, 3.8) is 0 Å². The van der Waals surface area contributed by atoms with Gasteiger partial charge in [0.05, 0.1) is 18.2 Å². The number of hydrazone groups is 1. The Kier molecular flexibility index (Phi) is 4.44. The highest BCUT2D eigenvalue weighted by molar-refractivity contribution is 5.84. The van der Waals surface area contributed by atoms with Crippen molar-refractivity contribution in [1.82, 2.24) is 15.6 Å². The van der Waals surface area contributed by atoms with Crippen LogP contribution in [0.3, 0.4) is 0 Å². The number of amides is 1. The van der Waals surface area contributed by atoms with Crippen molar-refractivity contribution in [2.75, 3.05) is 0 Å². The molecular formula is C13H11F3N4O2. The summed E-state index contributed by atoms with van der Waals surface area (Å²) < 4.78 is 38.2. The molecule has 1 aromatic carbocycles. The second-order valence-corrected chi connectivity index (χ2v) is 4.34. The van der Waals surface area contributed by atoms with Gasteiger partial charge in [0.25, 0.3) is 5.56 Å². The van der Waals surface area contributed by atoms with E-state index in [0.29, 0.717) is 5.69 Å². The number of alkyl halides is 3. The number of H-pyrrole nitrogens is 2. The van der Waals surface area contributed by atoms with E-state index in [2.05, 4.69) is 20.7 Å². The Hall–Kier alpha value is -2.84. The fourth-order valence-corrected chi connectivity index (χ4v) is 1.72. The van der Waals surface area contributed by atoms with Crippen LogP contribution in [0.2, 0.25) is 0 Å². The van der Waals surface area contributed by atoms with Crippen LogP contribution in [0.1, 0.15) is 16.8 Å². The minimum atomic E-state index is -4.50. The summed E-state index contributed by atoms with van der Waals surface area (Å²) in [6.45, 7) is 0. The third-order valence-corrected chi connectivity index (χ3v) is 2.66. The van der Waals surface area contributed by atoms with Crippen molar-refractivity contribution >= 4 is 12.1 Å². The van der Waals surface area contributed by atoms with Crippen molar-refractivity contribution in [2.45, 2.75) is 12.6 Å². The van der Waals surface area contributed by atoms with E-state index >= 15 is 0 Å². The molecule has 0 spiro atoms. The molecule has 6 nitrogen and oxygen atoms in total. The number of carbonyl (C=O) groups excluding carboxylic acids is 1. The van der Waals surface area contributed by atoms with E-state index in [4.69, 9.17) is 0 Å². The first-order valence-electron chi connectivity index (χ1n) is 6.11. The lowest BCUT2D eigenvalue weighted by atomic mass is 10.1. The van der Waals surface area contributed by atoms with Crippen LogP contribution in [0, 0.1) is 0 Å². The van der Waals surface area contributed by atoms with Gasteiger partial charge in [-0.1, -0.05) is 18.2 Å². The summed E-state index contributed by atoms with van der Waals surface area (Å²) in [5.41, 5.74) is 1.05. The molecule has 0 fully saturated rings. The summed E-state index contributed by atoms with van der Waals surface area (Å²) in [5.74, 6) is -0.573. The van der Waals surface area contributed by atoms with E-state index in [0.717, 1.165) is 12.3 Å². The number of benzene rings is 1. The molecule has 0 radical (unpaired) electrons. The van der Waals surface area contributed by atoms with Gasteiger partial charge in [0, 0.05) is 17.3 Å². The first kappa shape index (κ1) is 15.5. The molecule has 0 saturated carbocycles. The van der Waals surface area contributed by atoms with Gasteiger partial charge < -0.3 is 5.10 Å². The maximum atomic E-state index is 12.7. The van der Waals surface area contributed by atoms with Gasteiger partial charge in [0.1, 0.15) is 0 Å². The summed E-state index contributed by atoms with van der Waals surface area (Å²) in [5, 5.41) is 8.22. The van der Waals surface area contributed by atoms with E-state index in [1.54, 1.807) is 0 Å². The van der Waals surface area contributed by atoms with Crippen LogP contribution in [0.15, 0.2) is 40.2 Å². The first-order valence-corrected chi connectivity index (χ1v) is 6.11. The van der Waals surface area contributed by atoms with E-state index in [-0.39, 0.29) is 17.5 Å². The molecule has 0 aliphatic heterocycles. The maximum Gasteiger partial charge on any atom is 0.417 e. The van der Waals surface area contributed by atoms with Crippen molar-refractivity contribution in [1.29, 1.82) is 0 Å². The van der Waals surface area contributed by atoms with Crippen LogP contribution < -0.4 is 11.0 Å². The summed E-state index contributed by atoms with van der Waals surface area (Å²) in [6, 6.07) is 6.06. The molecule has 116 valence electrons. The van der Waals surface area contributed by atoms with Gasteiger partial charge in [0.2, 0.25) is 5.91 Å². The molecular weight excluding hydrogens is 301 g/mol. The van der Waals surface area contributed by atoms with Crippen molar-refractivity contribution in [2.24, 2.45) is 5.10 Å². The molecule has 2 rings (SSSR count). The fraction of sp³-hybridized carbons (Fsp3) is 0.154. The Bertz CT molecular complexity index is 746. The quantitative estimate of drug-likeness (QED) is 0.588. The topological polar surface area (TPSA) is 90.1 Å². The van der Waals surface area contributed by atoms with E-state index < -0.39 is 17.6 Å². The minimum absolute atomic E-state index is 0.156. The molecule has 2 aromatic rings. The van der Waals surface area contributed by atoms with Gasteiger partial charge in [-0.2, -0.15) is 18.3 Å². The SMILES string of the molecule is O=C(Cc1cc(=O)[nH][nH]1)N/N=C/c1ccccc1C(F)(F)F. The predicted octanol–water partition coefficient (Wildman–Crippen LogP) is 1.41. The van der Waals surface area contributed by atoms with Crippen LogP contribution in [0.25, 0.3) is 0 Å². The molecule has 9 heteroatoms. The van der Waals surface area contributed by atoms with Gasteiger partial charge in [-0.3, -0.25) is 14.7 Å². The molecule has 0 bridgehead atoms. The number of carbonyl (C=O) groups is 1. The molecule has 1 amide bonds. The fourth-order valence-electron chi connectivity index (χ4n) is 1.72. The van der Waals surface area contributed by atoms with Crippen molar-refractivity contribution in [3.8, 4) is 0 Å². The summed E-state index contributed by atoms with van der Waals surface area (Å²) in [7, 11) is 0. The second kappa shape index (κ2) is 6.29. The highest BCUT2D eigenvalue weighted by atomic mass is 19.4. The lowest BCUT2D eigenvalue weighted by Gasteiger charge is -2.09. The molecule has 22 heavy (non-hydrogen) atoms. The van der Waals surface area contributed by atoms with Gasteiger partial charge in [-0.15, -0.1) is 0 Å². The van der Waals surface area contributed by atoms with E-state index in [1.165, 1.54) is 24.3 Å². The van der Waals surface area contributed by atoms with Crippen LogP contribution in [0.4, 0.5) is 13.2 Å². The standard InChI is InChI=1S/C13H11F3N4O2/c14-13(15,16)10-4-2-1-3-8(10)7-17-19-11(21)5-9-6-12(22)20-18-9/h1-4,6-7H,5H2,(H,19,21)(H2,18,20,22)/b17-7+. The Morgan fingerprint density at radius 3 is 2.64 bits per heavy atom. The van der Waals surface area contributed by atoms with Gasteiger partial charge >= 0.3 is 6.18 Å². The predicted molar refractivity (Wildman–Crippen MR) is 72.3 cm³/mol. The monoisotopic (exact) mass is 312 g/mol. The number of aromatic nitrogens is 2. The molecule has 0 saturated heterocycles. The molecule has 3 N–H and O–H groups in total. The van der Waals surface area contributed by atoms with Gasteiger partial charge in [-0.25, -0.2) is 5.43 Å². The minimum Gasteiger partial charge on any atom is -0.302 e. The van der Waals surface area contributed by atoms with Crippen LogP contribution in [0.5, 0.6) is 0 Å². The summed E-state index contributed by atoms with van der Waals surface area (Å²) >= 11 is 0. The molecule has 1 aromatic heterocycles. The van der Waals surface area contributed by atoms with Crippen molar-refractivity contribution in [3.05, 3.63) is 57.5 Å². The van der Waals surface area contributed by atoms with E-state index in [9.17, 15) is 22.8 Å². The van der Waals surface area contributed by atoms with Crippen LogP contribution >= 0.6 is 0 Å². The average molecular weight is 312 g/mol. The second-order valence-electron chi connectivity index (χ2n) is 4.34. The number of hydrogen-bond acceptors (Lipinski definition) is 3. The average Bonchev–Trinajstić information content (AvgIpc) is 2.83. The van der Waals surface area contributed by atoms with Crippen LogP contribution in [-0.4, -0.2) is 22.3 Å². The number of nitrogens with zero attached hydrogens (tertiary/aromatic N) is 1. The number of aromatic amines is 2. The summed E-state index contributed by atoms with van der Waals surface area (Å²) in [4.78, 5) is 22.4. The first-order chi connectivity index (χ1) is 10.4. The molecule has 0 aliphatic carbocycles. The molecule has 0 unspecified atom stereocenters.